The summed E-state index contributed by atoms with van der Waals surface area (Å²) in [5, 5.41) is 0. The number of rotatable bonds is 4. The predicted octanol–water partition coefficient (Wildman–Crippen LogP) is 2.96. The van der Waals surface area contributed by atoms with Crippen molar-refractivity contribution in [1.29, 1.82) is 0 Å². The molecule has 0 aromatic rings. The van der Waals surface area contributed by atoms with Crippen LogP contribution in [0, 0.1) is 5.92 Å². The molecule has 0 aliphatic carbocycles. The normalized spacial score (nSPS) is 12.8. The highest BCUT2D eigenvalue weighted by atomic mass is 19.1. The second-order valence-corrected chi connectivity index (χ2v) is 3.40. The van der Waals surface area contributed by atoms with Crippen molar-refractivity contribution in [3.63, 3.8) is 0 Å². The second kappa shape index (κ2) is 8.98. The monoisotopic (exact) mass is 177 g/mol. The lowest BCUT2D eigenvalue weighted by molar-refractivity contribution is 0.217. The van der Waals surface area contributed by atoms with Gasteiger partial charge in [0.15, 0.2) is 0 Å². The lowest BCUT2D eigenvalue weighted by Crippen LogP contribution is -2.28. The molecular weight excluding hydrogens is 153 g/mol. The summed E-state index contributed by atoms with van der Waals surface area (Å²) in [7, 11) is 1.95. The minimum Gasteiger partial charge on any atom is -0.303 e. The van der Waals surface area contributed by atoms with E-state index in [1.165, 1.54) is 0 Å². The van der Waals surface area contributed by atoms with Gasteiger partial charge in [0.05, 0.1) is 0 Å². The van der Waals surface area contributed by atoms with E-state index in [4.69, 9.17) is 0 Å². The first-order valence-corrected chi connectivity index (χ1v) is 4.85. The maximum atomic E-state index is 12.4. The summed E-state index contributed by atoms with van der Waals surface area (Å²) in [6.45, 7) is 11.4. The third-order valence-corrected chi connectivity index (χ3v) is 1.24. The molecule has 0 saturated heterocycles. The van der Waals surface area contributed by atoms with Crippen LogP contribution >= 0.6 is 0 Å². The molecule has 1 atom stereocenters. The first-order chi connectivity index (χ1) is 5.52. The Kier molecular flexibility index (Phi) is 10.8. The Bertz CT molecular complexity index is 71.9. The molecule has 1 nitrogen and oxygen atoms in total. The van der Waals surface area contributed by atoms with Crippen LogP contribution in [0.25, 0.3) is 0 Å². The molecule has 0 saturated carbocycles. The van der Waals surface area contributed by atoms with Crippen molar-refractivity contribution in [3.05, 3.63) is 0 Å². The molecule has 1 unspecified atom stereocenters. The first kappa shape index (κ1) is 14.4. The topological polar surface area (TPSA) is 3.24 Å². The van der Waals surface area contributed by atoms with Gasteiger partial charge in [-0.05, 0) is 19.9 Å². The fourth-order valence-corrected chi connectivity index (χ4v) is 1.13. The van der Waals surface area contributed by atoms with Crippen molar-refractivity contribution in [2.45, 2.75) is 40.8 Å². The molecule has 2 heteroatoms. The van der Waals surface area contributed by atoms with Gasteiger partial charge in [0.25, 0.3) is 0 Å². The minimum absolute atomic E-state index is 0.554. The molecule has 0 N–H and O–H groups in total. The molecular formula is C10H24FN. The Morgan fingerprint density at radius 1 is 1.08 bits per heavy atom. The van der Waals surface area contributed by atoms with Crippen molar-refractivity contribution < 1.29 is 4.39 Å². The third-order valence-electron chi connectivity index (χ3n) is 1.24. The third kappa shape index (κ3) is 12.6. The van der Waals surface area contributed by atoms with Gasteiger partial charge in [-0.2, -0.15) is 0 Å². The van der Waals surface area contributed by atoms with Crippen molar-refractivity contribution in [2.75, 3.05) is 20.1 Å². The van der Waals surface area contributed by atoms with E-state index in [0.717, 1.165) is 6.54 Å². The van der Waals surface area contributed by atoms with Crippen molar-refractivity contribution >= 4 is 0 Å². The summed E-state index contributed by atoms with van der Waals surface area (Å²) in [6, 6.07) is 0. The van der Waals surface area contributed by atoms with Crippen molar-refractivity contribution in [3.8, 4) is 0 Å². The van der Waals surface area contributed by atoms with Crippen LogP contribution in [-0.2, 0) is 0 Å². The fraction of sp³-hybridized carbons (Fsp3) is 1.00. The lowest BCUT2D eigenvalue weighted by Gasteiger charge is -2.18. The Morgan fingerprint density at radius 2 is 1.50 bits per heavy atom. The molecule has 0 aliphatic heterocycles. The Hall–Kier alpha value is -0.110. The highest BCUT2D eigenvalue weighted by molar-refractivity contribution is 4.57. The van der Waals surface area contributed by atoms with Crippen LogP contribution < -0.4 is 0 Å². The molecule has 0 aliphatic rings. The Morgan fingerprint density at radius 3 is 1.75 bits per heavy atom. The average Bonchev–Trinajstić information content (AvgIpc) is 1.87. The van der Waals surface area contributed by atoms with Gasteiger partial charge >= 0.3 is 0 Å². The van der Waals surface area contributed by atoms with Gasteiger partial charge in [0, 0.05) is 13.1 Å². The van der Waals surface area contributed by atoms with Crippen LogP contribution in [0.4, 0.5) is 4.39 Å². The highest BCUT2D eigenvalue weighted by Crippen LogP contribution is 1.98. The van der Waals surface area contributed by atoms with Gasteiger partial charge in [0.2, 0.25) is 0 Å². The SMILES string of the molecule is CC.CC(C)CN(C)CC(C)F. The van der Waals surface area contributed by atoms with E-state index in [9.17, 15) is 4.39 Å². The Balaban J connectivity index is 0. The van der Waals surface area contributed by atoms with Crippen LogP contribution in [0.3, 0.4) is 0 Å². The van der Waals surface area contributed by atoms with Crippen molar-refractivity contribution in [2.24, 2.45) is 5.92 Å². The molecule has 0 radical (unpaired) electrons. The molecule has 0 bridgehead atoms. The van der Waals surface area contributed by atoms with Crippen LogP contribution in [0.15, 0.2) is 0 Å². The van der Waals surface area contributed by atoms with E-state index in [-0.39, 0.29) is 0 Å². The van der Waals surface area contributed by atoms with Crippen LogP contribution in [0.5, 0.6) is 0 Å². The minimum atomic E-state index is -0.705. The van der Waals surface area contributed by atoms with E-state index in [1.54, 1.807) is 6.92 Å². The molecule has 0 aromatic heterocycles. The summed E-state index contributed by atoms with van der Waals surface area (Å²) in [6.07, 6.45) is -0.705. The van der Waals surface area contributed by atoms with E-state index in [0.29, 0.717) is 12.5 Å². The summed E-state index contributed by atoms with van der Waals surface area (Å²) >= 11 is 0. The molecule has 0 spiro atoms. The maximum absolute atomic E-state index is 12.4. The van der Waals surface area contributed by atoms with Crippen LogP contribution in [0.1, 0.15) is 34.6 Å². The molecule has 0 rings (SSSR count). The number of halogens is 1. The van der Waals surface area contributed by atoms with Gasteiger partial charge in [-0.15, -0.1) is 0 Å². The smallest absolute Gasteiger partial charge is 0.110 e. The number of hydrogen-bond acceptors (Lipinski definition) is 1. The standard InChI is InChI=1S/C8H18FN.C2H6/c1-7(2)5-10(4)6-8(3)9;1-2/h7-8H,5-6H2,1-4H3;1-2H3. The Labute approximate surface area is 77.0 Å². The quantitative estimate of drug-likeness (QED) is 0.638. The van der Waals surface area contributed by atoms with E-state index in [1.807, 2.05) is 25.8 Å². The van der Waals surface area contributed by atoms with Gasteiger partial charge in [-0.1, -0.05) is 27.7 Å². The van der Waals surface area contributed by atoms with E-state index >= 15 is 0 Å². The molecule has 12 heavy (non-hydrogen) atoms. The maximum Gasteiger partial charge on any atom is 0.110 e. The zero-order valence-corrected chi connectivity index (χ0v) is 9.39. The zero-order valence-electron chi connectivity index (χ0n) is 9.39. The molecule has 0 aromatic carbocycles. The van der Waals surface area contributed by atoms with Gasteiger partial charge in [0.1, 0.15) is 6.17 Å². The summed E-state index contributed by atoms with van der Waals surface area (Å²) in [4.78, 5) is 2.02. The number of hydrogen-bond donors (Lipinski definition) is 0. The van der Waals surface area contributed by atoms with Crippen LogP contribution in [-0.4, -0.2) is 31.2 Å². The average molecular weight is 177 g/mol. The van der Waals surface area contributed by atoms with E-state index in [2.05, 4.69) is 13.8 Å². The van der Waals surface area contributed by atoms with Crippen molar-refractivity contribution in [1.82, 2.24) is 4.90 Å². The highest BCUT2D eigenvalue weighted by Gasteiger charge is 2.04. The first-order valence-electron chi connectivity index (χ1n) is 4.85. The summed E-state index contributed by atoms with van der Waals surface area (Å²) < 4.78 is 12.4. The fourth-order valence-electron chi connectivity index (χ4n) is 1.13. The zero-order chi connectivity index (χ0) is 10.1. The van der Waals surface area contributed by atoms with Gasteiger partial charge < -0.3 is 4.90 Å². The largest absolute Gasteiger partial charge is 0.303 e. The molecule has 0 heterocycles. The summed E-state index contributed by atoms with van der Waals surface area (Å²) in [5.74, 6) is 0.628. The molecule has 0 amide bonds. The van der Waals surface area contributed by atoms with Gasteiger partial charge in [-0.3, -0.25) is 0 Å². The number of nitrogens with zero attached hydrogens (tertiary/aromatic N) is 1. The number of alkyl halides is 1. The second-order valence-electron chi connectivity index (χ2n) is 3.40. The van der Waals surface area contributed by atoms with E-state index < -0.39 is 6.17 Å². The predicted molar refractivity (Wildman–Crippen MR) is 54.3 cm³/mol. The van der Waals surface area contributed by atoms with Crippen LogP contribution in [0.2, 0.25) is 0 Å². The lowest BCUT2D eigenvalue weighted by atomic mass is 10.2. The molecule has 76 valence electrons. The van der Waals surface area contributed by atoms with Gasteiger partial charge in [-0.25, -0.2) is 4.39 Å². The summed E-state index contributed by atoms with van der Waals surface area (Å²) in [5.41, 5.74) is 0. The molecule has 0 fully saturated rings.